The summed E-state index contributed by atoms with van der Waals surface area (Å²) in [5.74, 6) is -0.618. The van der Waals surface area contributed by atoms with E-state index < -0.39 is 15.8 Å². The van der Waals surface area contributed by atoms with E-state index in [4.69, 9.17) is 11.6 Å². The highest BCUT2D eigenvalue weighted by atomic mass is 79.9. The van der Waals surface area contributed by atoms with Crippen molar-refractivity contribution in [1.82, 2.24) is 4.31 Å². The Morgan fingerprint density at radius 3 is 2.58 bits per heavy atom. The van der Waals surface area contributed by atoms with E-state index in [0.29, 0.717) is 18.3 Å². The molecular weight excluding hydrogens is 357 g/mol. The van der Waals surface area contributed by atoms with Crippen LogP contribution in [0.5, 0.6) is 0 Å². The van der Waals surface area contributed by atoms with Crippen molar-refractivity contribution in [1.29, 1.82) is 0 Å². The van der Waals surface area contributed by atoms with E-state index in [2.05, 4.69) is 15.9 Å². The first-order valence-electron chi connectivity index (χ1n) is 5.83. The predicted octanol–water partition coefficient (Wildman–Crippen LogP) is 3.66. The van der Waals surface area contributed by atoms with E-state index in [1.165, 1.54) is 10.4 Å². The molecule has 0 amide bonds. The zero-order valence-corrected chi connectivity index (χ0v) is 13.9. The molecule has 1 aromatic rings. The zero-order chi connectivity index (χ0) is 14.6. The summed E-state index contributed by atoms with van der Waals surface area (Å²) in [6.07, 6.45) is 0.671. The van der Waals surface area contributed by atoms with Crippen molar-refractivity contribution in [2.45, 2.75) is 31.2 Å². The molecule has 0 aliphatic carbocycles. The van der Waals surface area contributed by atoms with Gasteiger partial charge in [0, 0.05) is 17.9 Å². The molecule has 0 saturated carbocycles. The van der Waals surface area contributed by atoms with Gasteiger partial charge in [-0.2, -0.15) is 4.31 Å². The van der Waals surface area contributed by atoms with E-state index in [0.717, 1.165) is 12.1 Å². The molecule has 0 spiro atoms. The number of hydrogen-bond acceptors (Lipinski definition) is 2. The van der Waals surface area contributed by atoms with Crippen molar-refractivity contribution in [2.24, 2.45) is 0 Å². The third-order valence-electron chi connectivity index (χ3n) is 2.57. The topological polar surface area (TPSA) is 37.4 Å². The van der Waals surface area contributed by atoms with Crippen molar-refractivity contribution < 1.29 is 12.8 Å². The molecular formula is C12H16BrClFNO2S. The molecule has 0 saturated heterocycles. The lowest BCUT2D eigenvalue weighted by Gasteiger charge is -2.26. The van der Waals surface area contributed by atoms with Gasteiger partial charge >= 0.3 is 0 Å². The molecule has 0 radical (unpaired) electrons. The number of benzene rings is 1. The molecule has 0 unspecified atom stereocenters. The molecule has 108 valence electrons. The van der Waals surface area contributed by atoms with Crippen LogP contribution in [0.15, 0.2) is 23.1 Å². The minimum atomic E-state index is -3.79. The first-order chi connectivity index (χ1) is 8.80. The lowest BCUT2D eigenvalue weighted by Crippen LogP contribution is -2.38. The van der Waals surface area contributed by atoms with Gasteiger partial charge < -0.3 is 0 Å². The van der Waals surface area contributed by atoms with Crippen LogP contribution in [0.1, 0.15) is 20.3 Å². The molecule has 0 aromatic heterocycles. The van der Waals surface area contributed by atoms with Crippen molar-refractivity contribution >= 4 is 37.6 Å². The molecule has 0 bridgehead atoms. The fourth-order valence-electron chi connectivity index (χ4n) is 1.67. The summed E-state index contributed by atoms with van der Waals surface area (Å²) in [6, 6.07) is 3.14. The van der Waals surface area contributed by atoms with Crippen LogP contribution >= 0.6 is 27.5 Å². The molecule has 0 aliphatic heterocycles. The van der Waals surface area contributed by atoms with E-state index in [1.807, 2.05) is 0 Å². The minimum Gasteiger partial charge on any atom is -0.207 e. The molecule has 0 aliphatic rings. The van der Waals surface area contributed by atoms with Gasteiger partial charge in [-0.05, 0) is 38.5 Å². The summed E-state index contributed by atoms with van der Waals surface area (Å²) in [5.41, 5.74) is 0. The number of hydrogen-bond donors (Lipinski definition) is 0. The molecule has 19 heavy (non-hydrogen) atoms. The summed E-state index contributed by atoms with van der Waals surface area (Å²) < 4.78 is 39.6. The Hall–Kier alpha value is -0.170. The first kappa shape index (κ1) is 16.9. The SMILES string of the molecule is CC(C)N(CCCBr)S(=O)(=O)c1cc(F)ccc1Cl. The van der Waals surface area contributed by atoms with Gasteiger partial charge in [-0.25, -0.2) is 12.8 Å². The monoisotopic (exact) mass is 371 g/mol. The lowest BCUT2D eigenvalue weighted by atomic mass is 10.3. The second-order valence-electron chi connectivity index (χ2n) is 4.33. The van der Waals surface area contributed by atoms with Crippen LogP contribution in [0.4, 0.5) is 4.39 Å². The van der Waals surface area contributed by atoms with Crippen LogP contribution in [0.2, 0.25) is 5.02 Å². The number of alkyl halides is 1. The van der Waals surface area contributed by atoms with Crippen molar-refractivity contribution in [3.8, 4) is 0 Å². The van der Waals surface area contributed by atoms with Gasteiger partial charge in [0.2, 0.25) is 10.0 Å². The van der Waals surface area contributed by atoms with Gasteiger partial charge in [-0.1, -0.05) is 27.5 Å². The highest BCUT2D eigenvalue weighted by Gasteiger charge is 2.28. The zero-order valence-electron chi connectivity index (χ0n) is 10.7. The van der Waals surface area contributed by atoms with Gasteiger partial charge in [-0.3, -0.25) is 0 Å². The second-order valence-corrected chi connectivity index (χ2v) is 7.39. The normalized spacial score (nSPS) is 12.4. The standard InChI is InChI=1S/C12H16BrClFNO2S/c1-9(2)16(7-3-6-13)19(17,18)12-8-10(15)4-5-11(12)14/h4-5,8-9H,3,6-7H2,1-2H3. The van der Waals surface area contributed by atoms with Gasteiger partial charge in [0.15, 0.2) is 0 Å². The van der Waals surface area contributed by atoms with Crippen LogP contribution in [0, 0.1) is 5.82 Å². The Bertz CT molecular complexity index is 537. The highest BCUT2D eigenvalue weighted by molar-refractivity contribution is 9.09. The maximum absolute atomic E-state index is 13.2. The van der Waals surface area contributed by atoms with Crippen LogP contribution in [0.3, 0.4) is 0 Å². The van der Waals surface area contributed by atoms with Crippen molar-refractivity contribution in [3.63, 3.8) is 0 Å². The average molecular weight is 373 g/mol. The number of sulfonamides is 1. The first-order valence-corrected chi connectivity index (χ1v) is 8.77. The molecule has 3 nitrogen and oxygen atoms in total. The second kappa shape index (κ2) is 7.02. The smallest absolute Gasteiger partial charge is 0.207 e. The van der Waals surface area contributed by atoms with Crippen LogP contribution in [-0.2, 0) is 10.0 Å². The predicted molar refractivity (Wildman–Crippen MR) is 78.8 cm³/mol. The van der Waals surface area contributed by atoms with Gasteiger partial charge in [0.05, 0.1) is 5.02 Å². The fourth-order valence-corrected chi connectivity index (χ4v) is 4.09. The third kappa shape index (κ3) is 4.15. The van der Waals surface area contributed by atoms with Gasteiger partial charge in [0.25, 0.3) is 0 Å². The largest absolute Gasteiger partial charge is 0.244 e. The highest BCUT2D eigenvalue weighted by Crippen LogP contribution is 2.26. The Kier molecular flexibility index (Phi) is 6.23. The molecule has 0 fully saturated rings. The Morgan fingerprint density at radius 2 is 2.05 bits per heavy atom. The summed E-state index contributed by atoms with van der Waals surface area (Å²) in [5, 5.41) is 0.730. The van der Waals surface area contributed by atoms with Gasteiger partial charge in [0.1, 0.15) is 10.7 Å². The molecule has 0 atom stereocenters. The molecule has 1 aromatic carbocycles. The summed E-state index contributed by atoms with van der Waals surface area (Å²) >= 11 is 9.15. The van der Waals surface area contributed by atoms with E-state index in [1.54, 1.807) is 13.8 Å². The van der Waals surface area contributed by atoms with Crippen LogP contribution in [-0.4, -0.2) is 30.6 Å². The van der Waals surface area contributed by atoms with Gasteiger partial charge in [-0.15, -0.1) is 0 Å². The number of rotatable bonds is 6. The Morgan fingerprint density at radius 1 is 1.42 bits per heavy atom. The Balaban J connectivity index is 3.22. The molecule has 0 N–H and O–H groups in total. The molecule has 7 heteroatoms. The van der Waals surface area contributed by atoms with Crippen LogP contribution in [0.25, 0.3) is 0 Å². The number of nitrogens with zero attached hydrogens (tertiary/aromatic N) is 1. The van der Waals surface area contributed by atoms with Crippen molar-refractivity contribution in [3.05, 3.63) is 29.0 Å². The minimum absolute atomic E-state index is 0.0332. The third-order valence-corrected chi connectivity index (χ3v) is 5.69. The Labute approximate surface area is 126 Å². The van der Waals surface area contributed by atoms with E-state index in [9.17, 15) is 12.8 Å². The van der Waals surface area contributed by atoms with E-state index >= 15 is 0 Å². The van der Waals surface area contributed by atoms with E-state index in [-0.39, 0.29) is 16.0 Å². The molecule has 0 heterocycles. The quantitative estimate of drug-likeness (QED) is 0.715. The fraction of sp³-hybridized carbons (Fsp3) is 0.500. The summed E-state index contributed by atoms with van der Waals surface area (Å²) in [7, 11) is -3.79. The van der Waals surface area contributed by atoms with Crippen LogP contribution < -0.4 is 0 Å². The summed E-state index contributed by atoms with van der Waals surface area (Å²) in [6.45, 7) is 3.91. The maximum Gasteiger partial charge on any atom is 0.244 e. The average Bonchev–Trinajstić information content (AvgIpc) is 2.32. The number of halogens is 3. The van der Waals surface area contributed by atoms with Crippen molar-refractivity contribution in [2.75, 3.05) is 11.9 Å². The molecule has 1 rings (SSSR count). The summed E-state index contributed by atoms with van der Waals surface area (Å²) in [4.78, 5) is -0.183. The lowest BCUT2D eigenvalue weighted by molar-refractivity contribution is 0.355. The maximum atomic E-state index is 13.2.